The first-order valence-electron chi connectivity index (χ1n) is 7.25. The topological polar surface area (TPSA) is 50.4 Å². The molecule has 3 N–H and O–H groups in total. The van der Waals surface area contributed by atoms with E-state index in [-0.39, 0.29) is 24.0 Å². The number of anilines is 1. The molecule has 22 heavy (non-hydrogen) atoms. The molecule has 0 radical (unpaired) electrons. The first-order valence-corrected chi connectivity index (χ1v) is 7.25. The molecule has 118 valence electrons. The van der Waals surface area contributed by atoms with Crippen molar-refractivity contribution < 1.29 is 0 Å². The molecule has 0 saturated carbocycles. The summed E-state index contributed by atoms with van der Waals surface area (Å²) >= 11 is 0. The summed E-state index contributed by atoms with van der Waals surface area (Å²) in [6.45, 7) is 6.97. The number of aryl methyl sites for hydroxylation is 2. The Kier molecular flexibility index (Phi) is 7.38. The number of nitrogens with two attached hydrogens (primary N) is 1. The molecule has 0 amide bonds. The highest BCUT2D eigenvalue weighted by atomic mass is 127. The zero-order chi connectivity index (χ0) is 15.2. The van der Waals surface area contributed by atoms with E-state index < -0.39 is 0 Å². The Bertz CT molecular complexity index is 603. The van der Waals surface area contributed by atoms with E-state index in [1.165, 1.54) is 16.7 Å². The van der Waals surface area contributed by atoms with Crippen molar-refractivity contribution in [2.75, 3.05) is 11.9 Å². The fourth-order valence-electron chi connectivity index (χ4n) is 2.36. The maximum atomic E-state index is 5.97. The zero-order valence-corrected chi connectivity index (χ0v) is 15.7. The highest BCUT2D eigenvalue weighted by molar-refractivity contribution is 14.0. The number of benzene rings is 2. The summed E-state index contributed by atoms with van der Waals surface area (Å²) in [7, 11) is 0. The van der Waals surface area contributed by atoms with Crippen LogP contribution >= 0.6 is 24.0 Å². The molecular formula is C18H24IN3. The molecule has 0 aliphatic rings. The van der Waals surface area contributed by atoms with E-state index in [9.17, 15) is 0 Å². The van der Waals surface area contributed by atoms with Crippen LogP contribution in [-0.2, 0) is 0 Å². The van der Waals surface area contributed by atoms with Crippen LogP contribution in [0.5, 0.6) is 0 Å². The van der Waals surface area contributed by atoms with E-state index in [1.54, 1.807) is 0 Å². The zero-order valence-electron chi connectivity index (χ0n) is 13.3. The molecular weight excluding hydrogens is 385 g/mol. The number of aliphatic imine (C=N–C) groups is 1. The number of halogens is 1. The standard InChI is InChI=1S/C18H23N3.HI/c1-13-9-14(2)11-17(10-13)21-18(19)20-12-15(3)16-7-5-4-6-8-16;/h4-11,15H,12H2,1-3H3,(H3,19,20,21);1H. The van der Waals surface area contributed by atoms with E-state index in [0.29, 0.717) is 18.4 Å². The SMILES string of the molecule is Cc1cc(C)cc(NC(N)=NCC(C)c2ccccc2)c1.I. The van der Waals surface area contributed by atoms with Gasteiger partial charge in [-0.25, -0.2) is 0 Å². The first-order chi connectivity index (χ1) is 10.0. The van der Waals surface area contributed by atoms with Crippen LogP contribution in [0.25, 0.3) is 0 Å². The Labute approximate surface area is 150 Å². The van der Waals surface area contributed by atoms with Crippen molar-refractivity contribution in [1.82, 2.24) is 0 Å². The minimum absolute atomic E-state index is 0. The molecule has 3 nitrogen and oxygen atoms in total. The lowest BCUT2D eigenvalue weighted by molar-refractivity contribution is 0.774. The molecule has 2 aromatic rings. The Morgan fingerprint density at radius 1 is 1.09 bits per heavy atom. The fraction of sp³-hybridized carbons (Fsp3) is 0.278. The fourth-order valence-corrected chi connectivity index (χ4v) is 2.36. The van der Waals surface area contributed by atoms with Crippen LogP contribution in [0.2, 0.25) is 0 Å². The van der Waals surface area contributed by atoms with E-state index in [4.69, 9.17) is 5.73 Å². The van der Waals surface area contributed by atoms with Gasteiger partial charge in [-0.15, -0.1) is 24.0 Å². The maximum Gasteiger partial charge on any atom is 0.193 e. The van der Waals surface area contributed by atoms with E-state index in [1.807, 2.05) is 18.2 Å². The van der Waals surface area contributed by atoms with Crippen molar-refractivity contribution in [2.45, 2.75) is 26.7 Å². The normalized spacial score (nSPS) is 12.4. The van der Waals surface area contributed by atoms with Crippen LogP contribution in [0.1, 0.15) is 29.5 Å². The third kappa shape index (κ3) is 5.67. The summed E-state index contributed by atoms with van der Waals surface area (Å²) in [5.41, 5.74) is 10.7. The molecule has 0 aliphatic carbocycles. The number of hydrogen-bond donors (Lipinski definition) is 2. The van der Waals surface area contributed by atoms with Gasteiger partial charge in [0, 0.05) is 18.2 Å². The van der Waals surface area contributed by atoms with Crippen LogP contribution < -0.4 is 11.1 Å². The summed E-state index contributed by atoms with van der Waals surface area (Å²) in [6.07, 6.45) is 0. The van der Waals surface area contributed by atoms with Gasteiger partial charge >= 0.3 is 0 Å². The molecule has 4 heteroatoms. The van der Waals surface area contributed by atoms with Gasteiger partial charge in [0.25, 0.3) is 0 Å². The molecule has 0 aromatic heterocycles. The van der Waals surface area contributed by atoms with Crippen molar-refractivity contribution >= 4 is 35.6 Å². The molecule has 0 saturated heterocycles. The van der Waals surface area contributed by atoms with Crippen molar-refractivity contribution in [3.8, 4) is 0 Å². The second kappa shape index (κ2) is 8.78. The van der Waals surface area contributed by atoms with Gasteiger partial charge in [-0.2, -0.15) is 0 Å². The van der Waals surface area contributed by atoms with Gasteiger partial charge in [-0.1, -0.05) is 43.3 Å². The van der Waals surface area contributed by atoms with Crippen LogP contribution in [0.4, 0.5) is 5.69 Å². The summed E-state index contributed by atoms with van der Waals surface area (Å²) in [6, 6.07) is 16.6. The molecule has 1 atom stereocenters. The van der Waals surface area contributed by atoms with Crippen LogP contribution in [-0.4, -0.2) is 12.5 Å². The monoisotopic (exact) mass is 409 g/mol. The number of hydrogen-bond acceptors (Lipinski definition) is 1. The molecule has 2 rings (SSSR count). The summed E-state index contributed by atoms with van der Waals surface area (Å²) in [4.78, 5) is 4.44. The summed E-state index contributed by atoms with van der Waals surface area (Å²) in [5.74, 6) is 0.813. The third-order valence-corrected chi connectivity index (χ3v) is 3.40. The quantitative estimate of drug-likeness (QED) is 0.445. The lowest BCUT2D eigenvalue weighted by Gasteiger charge is -2.11. The summed E-state index contributed by atoms with van der Waals surface area (Å²) in [5, 5.41) is 3.16. The summed E-state index contributed by atoms with van der Waals surface area (Å²) < 4.78 is 0. The Morgan fingerprint density at radius 3 is 2.27 bits per heavy atom. The van der Waals surface area contributed by atoms with E-state index in [2.05, 4.69) is 61.4 Å². The van der Waals surface area contributed by atoms with Crippen LogP contribution in [0.3, 0.4) is 0 Å². The Morgan fingerprint density at radius 2 is 1.68 bits per heavy atom. The average Bonchev–Trinajstić information content (AvgIpc) is 2.44. The van der Waals surface area contributed by atoms with Gasteiger partial charge in [0.2, 0.25) is 0 Å². The maximum absolute atomic E-state index is 5.97. The Hall–Kier alpha value is -1.56. The first kappa shape index (κ1) is 18.5. The lowest BCUT2D eigenvalue weighted by atomic mass is 10.0. The highest BCUT2D eigenvalue weighted by Crippen LogP contribution is 2.15. The minimum atomic E-state index is 0. The number of nitrogens with zero attached hydrogens (tertiary/aromatic N) is 1. The molecule has 2 aromatic carbocycles. The molecule has 0 fully saturated rings. The average molecular weight is 409 g/mol. The second-order valence-corrected chi connectivity index (χ2v) is 5.54. The van der Waals surface area contributed by atoms with Crippen molar-refractivity contribution in [2.24, 2.45) is 10.7 Å². The van der Waals surface area contributed by atoms with Gasteiger partial charge in [0.15, 0.2) is 5.96 Å². The molecule has 0 bridgehead atoms. The second-order valence-electron chi connectivity index (χ2n) is 5.54. The molecule has 1 unspecified atom stereocenters. The van der Waals surface area contributed by atoms with Crippen molar-refractivity contribution in [3.63, 3.8) is 0 Å². The number of rotatable bonds is 4. The lowest BCUT2D eigenvalue weighted by Crippen LogP contribution is -2.23. The van der Waals surface area contributed by atoms with E-state index in [0.717, 1.165) is 5.69 Å². The minimum Gasteiger partial charge on any atom is -0.370 e. The predicted molar refractivity (Wildman–Crippen MR) is 106 cm³/mol. The number of nitrogens with one attached hydrogen (secondary N) is 1. The largest absolute Gasteiger partial charge is 0.370 e. The van der Waals surface area contributed by atoms with Crippen LogP contribution in [0, 0.1) is 13.8 Å². The number of guanidine groups is 1. The molecule has 0 aliphatic heterocycles. The van der Waals surface area contributed by atoms with Crippen molar-refractivity contribution in [1.29, 1.82) is 0 Å². The van der Waals surface area contributed by atoms with Crippen LogP contribution in [0.15, 0.2) is 53.5 Å². The highest BCUT2D eigenvalue weighted by Gasteiger charge is 2.04. The van der Waals surface area contributed by atoms with Gasteiger partial charge in [-0.05, 0) is 42.7 Å². The van der Waals surface area contributed by atoms with Gasteiger partial charge in [-0.3, -0.25) is 4.99 Å². The smallest absolute Gasteiger partial charge is 0.193 e. The third-order valence-electron chi connectivity index (χ3n) is 3.40. The van der Waals surface area contributed by atoms with E-state index >= 15 is 0 Å². The van der Waals surface area contributed by atoms with Crippen molar-refractivity contribution in [3.05, 3.63) is 65.2 Å². The molecule has 0 heterocycles. The molecule has 0 spiro atoms. The van der Waals surface area contributed by atoms with Gasteiger partial charge in [0.05, 0.1) is 0 Å². The predicted octanol–water partition coefficient (Wildman–Crippen LogP) is 4.45. The van der Waals surface area contributed by atoms with Gasteiger partial charge < -0.3 is 11.1 Å². The Balaban J connectivity index is 0.00000242. The van der Waals surface area contributed by atoms with Gasteiger partial charge in [0.1, 0.15) is 0 Å².